The molecule has 0 bridgehead atoms. The molecule has 104 valence electrons. The molecular weight excluding hydrogens is 262 g/mol. The number of hydrogen-bond acceptors (Lipinski definition) is 3. The van der Waals surface area contributed by atoms with Gasteiger partial charge >= 0.3 is 6.03 Å². The predicted octanol–water partition coefficient (Wildman–Crippen LogP) is 2.26. The zero-order chi connectivity index (χ0) is 14.0. The van der Waals surface area contributed by atoms with E-state index in [0.717, 1.165) is 31.2 Å². The van der Waals surface area contributed by atoms with E-state index in [1.807, 2.05) is 13.8 Å². The monoisotopic (exact) mass is 281 g/mol. The standard InChI is InChI=1S/C13H19N3O2S/c1-7(2)15-13(18)16-12-10(11(14)17)8-5-3-4-6-9(8)19-12/h7H,3-6H2,1-2H3,(H2,14,17)(H2,15,16,18). The Kier molecular flexibility index (Phi) is 4.09. The molecule has 4 N–H and O–H groups in total. The minimum absolute atomic E-state index is 0.0478. The summed E-state index contributed by atoms with van der Waals surface area (Å²) in [5.41, 5.74) is 6.99. The highest BCUT2D eigenvalue weighted by molar-refractivity contribution is 7.17. The van der Waals surface area contributed by atoms with Gasteiger partial charge in [-0.1, -0.05) is 0 Å². The van der Waals surface area contributed by atoms with Gasteiger partial charge in [0.05, 0.1) is 5.56 Å². The van der Waals surface area contributed by atoms with E-state index in [1.165, 1.54) is 16.2 Å². The highest BCUT2D eigenvalue weighted by atomic mass is 32.1. The number of carbonyl (C=O) groups excluding carboxylic acids is 2. The number of nitrogens with two attached hydrogens (primary N) is 1. The number of aryl methyl sites for hydroxylation is 1. The zero-order valence-electron chi connectivity index (χ0n) is 11.2. The summed E-state index contributed by atoms with van der Waals surface area (Å²) in [6.07, 6.45) is 4.04. The molecule has 1 aromatic rings. The Morgan fingerprint density at radius 2 is 1.95 bits per heavy atom. The van der Waals surface area contributed by atoms with Crippen molar-refractivity contribution in [2.75, 3.05) is 5.32 Å². The topological polar surface area (TPSA) is 84.2 Å². The van der Waals surface area contributed by atoms with Crippen LogP contribution in [0.1, 0.15) is 47.5 Å². The van der Waals surface area contributed by atoms with Crippen molar-refractivity contribution in [2.24, 2.45) is 5.73 Å². The number of amides is 3. The molecule has 0 unspecified atom stereocenters. The number of rotatable bonds is 3. The molecule has 1 aliphatic rings. The largest absolute Gasteiger partial charge is 0.365 e. The molecule has 2 rings (SSSR count). The van der Waals surface area contributed by atoms with Crippen LogP contribution in [0.3, 0.4) is 0 Å². The maximum atomic E-state index is 11.7. The fourth-order valence-corrected chi connectivity index (χ4v) is 3.61. The Morgan fingerprint density at radius 1 is 1.26 bits per heavy atom. The minimum Gasteiger partial charge on any atom is -0.365 e. The van der Waals surface area contributed by atoms with E-state index < -0.39 is 5.91 Å². The molecule has 0 saturated heterocycles. The van der Waals surface area contributed by atoms with Gasteiger partial charge in [-0.3, -0.25) is 10.1 Å². The van der Waals surface area contributed by atoms with Crippen LogP contribution in [-0.4, -0.2) is 18.0 Å². The first kappa shape index (κ1) is 13.9. The first-order chi connectivity index (χ1) is 8.99. The summed E-state index contributed by atoms with van der Waals surface area (Å²) in [4.78, 5) is 24.5. The van der Waals surface area contributed by atoms with Gasteiger partial charge in [0.15, 0.2) is 0 Å². The van der Waals surface area contributed by atoms with Crippen molar-refractivity contribution < 1.29 is 9.59 Å². The summed E-state index contributed by atoms with van der Waals surface area (Å²) in [6.45, 7) is 3.77. The predicted molar refractivity (Wildman–Crippen MR) is 76.8 cm³/mol. The van der Waals surface area contributed by atoms with Gasteiger partial charge in [0.2, 0.25) is 0 Å². The van der Waals surface area contributed by atoms with Gasteiger partial charge in [-0.2, -0.15) is 0 Å². The summed E-state index contributed by atoms with van der Waals surface area (Å²) >= 11 is 1.47. The third-order valence-electron chi connectivity index (χ3n) is 3.06. The molecule has 5 nitrogen and oxygen atoms in total. The molecule has 0 aliphatic heterocycles. The molecule has 3 amide bonds. The van der Waals surface area contributed by atoms with Crippen molar-refractivity contribution in [1.82, 2.24) is 5.32 Å². The van der Waals surface area contributed by atoms with Crippen LogP contribution in [0.15, 0.2) is 0 Å². The number of primary amides is 1. The first-order valence-electron chi connectivity index (χ1n) is 6.51. The lowest BCUT2D eigenvalue weighted by molar-refractivity contribution is 0.100. The number of carbonyl (C=O) groups is 2. The second-order valence-electron chi connectivity index (χ2n) is 5.03. The fraction of sp³-hybridized carbons (Fsp3) is 0.538. The van der Waals surface area contributed by atoms with Crippen molar-refractivity contribution in [2.45, 2.75) is 45.6 Å². The van der Waals surface area contributed by atoms with E-state index in [0.29, 0.717) is 10.6 Å². The number of anilines is 1. The zero-order valence-corrected chi connectivity index (χ0v) is 12.0. The Labute approximate surface area is 116 Å². The molecule has 0 atom stereocenters. The van der Waals surface area contributed by atoms with Gasteiger partial charge in [-0.15, -0.1) is 11.3 Å². The maximum Gasteiger partial charge on any atom is 0.320 e. The third kappa shape index (κ3) is 3.07. The molecule has 0 saturated carbocycles. The molecule has 19 heavy (non-hydrogen) atoms. The van der Waals surface area contributed by atoms with Crippen LogP contribution in [0.25, 0.3) is 0 Å². The number of fused-ring (bicyclic) bond motifs is 1. The van der Waals surface area contributed by atoms with Crippen LogP contribution in [0.5, 0.6) is 0 Å². The maximum absolute atomic E-state index is 11.7. The highest BCUT2D eigenvalue weighted by Crippen LogP contribution is 2.37. The molecule has 6 heteroatoms. The smallest absolute Gasteiger partial charge is 0.320 e. The SMILES string of the molecule is CC(C)NC(=O)Nc1sc2c(c1C(N)=O)CCCC2. The van der Waals surface area contributed by atoms with Crippen molar-refractivity contribution in [3.63, 3.8) is 0 Å². The van der Waals surface area contributed by atoms with Crippen LogP contribution in [0.2, 0.25) is 0 Å². The average Bonchev–Trinajstić information content (AvgIpc) is 2.64. The molecule has 1 aromatic heterocycles. The van der Waals surface area contributed by atoms with E-state index in [-0.39, 0.29) is 12.1 Å². The molecule has 0 fully saturated rings. The van der Waals surface area contributed by atoms with Gasteiger partial charge < -0.3 is 11.1 Å². The summed E-state index contributed by atoms with van der Waals surface area (Å²) in [6, 6.07) is -0.247. The van der Waals surface area contributed by atoms with Crippen molar-refractivity contribution in [3.05, 3.63) is 16.0 Å². The molecule has 1 heterocycles. The fourth-order valence-electron chi connectivity index (χ4n) is 2.32. The van der Waals surface area contributed by atoms with Crippen molar-refractivity contribution in [1.29, 1.82) is 0 Å². The van der Waals surface area contributed by atoms with Gasteiger partial charge in [0.1, 0.15) is 5.00 Å². The Morgan fingerprint density at radius 3 is 2.58 bits per heavy atom. The van der Waals surface area contributed by atoms with Crippen LogP contribution < -0.4 is 16.4 Å². The van der Waals surface area contributed by atoms with E-state index >= 15 is 0 Å². The van der Waals surface area contributed by atoms with E-state index in [4.69, 9.17) is 5.73 Å². The molecule has 0 radical (unpaired) electrons. The third-order valence-corrected chi connectivity index (χ3v) is 4.27. The Bertz CT molecular complexity index is 508. The normalized spacial score (nSPS) is 14.1. The minimum atomic E-state index is -0.459. The first-order valence-corrected chi connectivity index (χ1v) is 7.32. The second-order valence-corrected chi connectivity index (χ2v) is 6.14. The summed E-state index contributed by atoms with van der Waals surface area (Å²) < 4.78 is 0. The van der Waals surface area contributed by atoms with E-state index in [2.05, 4.69) is 10.6 Å². The number of nitrogens with one attached hydrogen (secondary N) is 2. The lowest BCUT2D eigenvalue weighted by atomic mass is 9.95. The summed E-state index contributed by atoms with van der Waals surface area (Å²) in [5.74, 6) is -0.459. The van der Waals surface area contributed by atoms with Crippen LogP contribution >= 0.6 is 11.3 Å². The Balaban J connectivity index is 2.27. The van der Waals surface area contributed by atoms with E-state index in [1.54, 1.807) is 0 Å². The van der Waals surface area contributed by atoms with Crippen molar-refractivity contribution >= 4 is 28.3 Å². The quantitative estimate of drug-likeness (QED) is 0.794. The lowest BCUT2D eigenvalue weighted by Gasteiger charge is -2.11. The number of urea groups is 1. The van der Waals surface area contributed by atoms with Crippen molar-refractivity contribution in [3.8, 4) is 0 Å². The number of hydrogen-bond donors (Lipinski definition) is 3. The average molecular weight is 281 g/mol. The van der Waals surface area contributed by atoms with Crippen LogP contribution in [0.4, 0.5) is 9.80 Å². The van der Waals surface area contributed by atoms with Gasteiger partial charge in [0, 0.05) is 10.9 Å². The molecule has 1 aliphatic carbocycles. The highest BCUT2D eigenvalue weighted by Gasteiger charge is 2.24. The van der Waals surface area contributed by atoms with Gasteiger partial charge in [0.25, 0.3) is 5.91 Å². The molecular formula is C13H19N3O2S. The van der Waals surface area contributed by atoms with Gasteiger partial charge in [-0.05, 0) is 45.1 Å². The molecule has 0 aromatic carbocycles. The lowest BCUT2D eigenvalue weighted by Crippen LogP contribution is -2.34. The van der Waals surface area contributed by atoms with E-state index in [9.17, 15) is 9.59 Å². The summed E-state index contributed by atoms with van der Waals surface area (Å²) in [7, 11) is 0. The van der Waals surface area contributed by atoms with Crippen LogP contribution in [0, 0.1) is 0 Å². The van der Waals surface area contributed by atoms with Gasteiger partial charge in [-0.25, -0.2) is 4.79 Å². The number of thiophene rings is 1. The summed E-state index contributed by atoms with van der Waals surface area (Å²) in [5, 5.41) is 6.07. The second kappa shape index (κ2) is 5.61. The molecule has 0 spiro atoms. The van der Waals surface area contributed by atoms with Crippen LogP contribution in [-0.2, 0) is 12.8 Å². The Hall–Kier alpha value is -1.56.